The van der Waals surface area contributed by atoms with Crippen molar-refractivity contribution in [1.29, 1.82) is 0 Å². The summed E-state index contributed by atoms with van der Waals surface area (Å²) in [5.41, 5.74) is 2.33. The van der Waals surface area contributed by atoms with Gasteiger partial charge in [0.25, 0.3) is 0 Å². The molecule has 1 aromatic carbocycles. The lowest BCUT2D eigenvalue weighted by Gasteiger charge is -2.19. The monoisotopic (exact) mass is 453 g/mol. The van der Waals surface area contributed by atoms with Crippen molar-refractivity contribution in [2.24, 2.45) is 23.7 Å². The van der Waals surface area contributed by atoms with Crippen LogP contribution in [0.5, 0.6) is 0 Å². The molecule has 2 aliphatic carbocycles. The maximum absolute atomic E-state index is 12.1. The molecule has 3 N–H and O–H groups in total. The molecule has 2 aliphatic rings. The van der Waals surface area contributed by atoms with Crippen molar-refractivity contribution in [3.63, 3.8) is 0 Å². The molecule has 4 heteroatoms. The smallest absolute Gasteiger partial charge is 0.224 e. The number of hydrogen-bond acceptors (Lipinski definition) is 3. The number of rotatable bonds is 13. The van der Waals surface area contributed by atoms with Crippen molar-refractivity contribution in [2.45, 2.75) is 90.3 Å². The fourth-order valence-electron chi connectivity index (χ4n) is 5.59. The minimum absolute atomic E-state index is 0.0781. The highest BCUT2D eigenvalue weighted by molar-refractivity contribution is 5.90. The van der Waals surface area contributed by atoms with E-state index in [0.29, 0.717) is 24.2 Å². The average molecular weight is 454 g/mol. The van der Waals surface area contributed by atoms with Crippen LogP contribution < -0.4 is 5.32 Å². The van der Waals surface area contributed by atoms with E-state index < -0.39 is 6.10 Å². The molecule has 3 rings (SSSR count). The van der Waals surface area contributed by atoms with Crippen molar-refractivity contribution in [1.82, 2.24) is 0 Å². The van der Waals surface area contributed by atoms with E-state index in [1.165, 1.54) is 24.8 Å². The molecule has 182 valence electrons. The SMILES string of the molecule is CCCC[C@H](C)C[C@H](O)/C=C/[C@@H]1[C@H]2CC(CCCCC(=O)Nc3ccccc3)=C[C@H]2C[C@H]1O. The van der Waals surface area contributed by atoms with Crippen molar-refractivity contribution in [3.8, 4) is 0 Å². The number of unbranched alkanes of at least 4 members (excludes halogenated alkanes) is 2. The van der Waals surface area contributed by atoms with Crippen molar-refractivity contribution < 1.29 is 15.0 Å². The molecule has 0 aliphatic heterocycles. The summed E-state index contributed by atoms with van der Waals surface area (Å²) < 4.78 is 0. The Morgan fingerprint density at radius 3 is 2.76 bits per heavy atom. The van der Waals surface area contributed by atoms with E-state index in [9.17, 15) is 15.0 Å². The Balaban J connectivity index is 1.38. The zero-order valence-corrected chi connectivity index (χ0v) is 20.5. The lowest BCUT2D eigenvalue weighted by atomic mass is 9.88. The molecule has 0 saturated heterocycles. The first-order valence-electron chi connectivity index (χ1n) is 13.0. The van der Waals surface area contributed by atoms with Gasteiger partial charge in [-0.05, 0) is 68.4 Å². The summed E-state index contributed by atoms with van der Waals surface area (Å²) in [6.45, 7) is 4.42. The molecule has 0 unspecified atom stereocenters. The van der Waals surface area contributed by atoms with Crippen LogP contribution in [-0.2, 0) is 4.79 Å². The first-order chi connectivity index (χ1) is 16.0. The van der Waals surface area contributed by atoms with Crippen LogP contribution in [0.1, 0.15) is 78.1 Å². The summed E-state index contributed by atoms with van der Waals surface area (Å²) in [5, 5.41) is 24.0. The van der Waals surface area contributed by atoms with E-state index >= 15 is 0 Å². The summed E-state index contributed by atoms with van der Waals surface area (Å²) >= 11 is 0. The number of amides is 1. The number of para-hydroxylation sites is 1. The molecule has 0 aromatic heterocycles. The third-order valence-electron chi connectivity index (χ3n) is 7.41. The highest BCUT2D eigenvalue weighted by Crippen LogP contribution is 2.48. The van der Waals surface area contributed by atoms with Gasteiger partial charge in [0, 0.05) is 18.0 Å². The molecule has 6 atom stereocenters. The molecule has 0 spiro atoms. The quantitative estimate of drug-likeness (QED) is 0.244. The molecule has 0 radical (unpaired) electrons. The molecular weight excluding hydrogens is 410 g/mol. The second-order valence-corrected chi connectivity index (χ2v) is 10.3. The van der Waals surface area contributed by atoms with Crippen molar-refractivity contribution in [3.05, 3.63) is 54.1 Å². The molecular formula is C29H43NO3. The maximum atomic E-state index is 12.1. The number of hydrogen-bond donors (Lipinski definition) is 3. The Bertz CT molecular complexity index is 787. The predicted octanol–water partition coefficient (Wildman–Crippen LogP) is 6.26. The number of aliphatic hydroxyl groups excluding tert-OH is 2. The highest BCUT2D eigenvalue weighted by Gasteiger charge is 2.43. The van der Waals surface area contributed by atoms with E-state index in [1.54, 1.807) is 0 Å². The van der Waals surface area contributed by atoms with E-state index in [4.69, 9.17) is 0 Å². The van der Waals surface area contributed by atoms with Gasteiger partial charge in [0.1, 0.15) is 0 Å². The number of carbonyl (C=O) groups excluding carboxylic acids is 1. The lowest BCUT2D eigenvalue weighted by Crippen LogP contribution is -2.18. The number of benzene rings is 1. The highest BCUT2D eigenvalue weighted by atomic mass is 16.3. The van der Waals surface area contributed by atoms with Crippen LogP contribution in [0.3, 0.4) is 0 Å². The minimum Gasteiger partial charge on any atom is -0.392 e. The van der Waals surface area contributed by atoms with E-state index in [1.807, 2.05) is 36.4 Å². The largest absolute Gasteiger partial charge is 0.392 e. The van der Waals surface area contributed by atoms with E-state index in [2.05, 4.69) is 31.3 Å². The minimum atomic E-state index is -0.418. The van der Waals surface area contributed by atoms with Gasteiger partial charge in [-0.25, -0.2) is 0 Å². The second kappa shape index (κ2) is 13.1. The molecule has 4 nitrogen and oxygen atoms in total. The zero-order valence-electron chi connectivity index (χ0n) is 20.5. The maximum Gasteiger partial charge on any atom is 0.224 e. The number of anilines is 1. The van der Waals surface area contributed by atoms with Gasteiger partial charge in [-0.1, -0.05) is 75.1 Å². The fraction of sp³-hybridized carbons (Fsp3) is 0.621. The number of aliphatic hydroxyl groups is 2. The molecule has 0 heterocycles. The van der Waals surface area contributed by atoms with Gasteiger partial charge in [0.05, 0.1) is 12.2 Å². The summed E-state index contributed by atoms with van der Waals surface area (Å²) in [7, 11) is 0. The predicted molar refractivity (Wildman–Crippen MR) is 136 cm³/mol. The van der Waals surface area contributed by atoms with Crippen LogP contribution in [0.15, 0.2) is 54.1 Å². The standard InChI is InChI=1S/C29H43NO3/c1-3-4-10-21(2)17-25(31)15-16-26-27-19-22(18-23(27)20-28(26)32)11-8-9-14-29(33)30-24-12-6-5-7-13-24/h5-7,12-13,15-16,18,21,23,25-28,31-32H,3-4,8-11,14,17,19-20H2,1-2H3,(H,30,33)/b16-15+/t21-,23-,25+,26+,27-,28+/m0/s1. The first-order valence-corrected chi connectivity index (χ1v) is 13.0. The molecule has 1 fully saturated rings. The summed E-state index contributed by atoms with van der Waals surface area (Å²) in [6.07, 6.45) is 15.4. The first kappa shape index (κ1) is 25.7. The summed E-state index contributed by atoms with van der Waals surface area (Å²) in [6, 6.07) is 9.61. The number of carbonyl (C=O) groups is 1. The summed E-state index contributed by atoms with van der Waals surface area (Å²) in [4.78, 5) is 12.1. The van der Waals surface area contributed by atoms with Crippen molar-refractivity contribution in [2.75, 3.05) is 5.32 Å². The van der Waals surface area contributed by atoms with Gasteiger partial charge < -0.3 is 15.5 Å². The fourth-order valence-corrected chi connectivity index (χ4v) is 5.59. The van der Waals surface area contributed by atoms with Gasteiger partial charge in [-0.2, -0.15) is 0 Å². The topological polar surface area (TPSA) is 69.6 Å². The van der Waals surface area contributed by atoms with E-state index in [-0.39, 0.29) is 17.9 Å². The Hall–Kier alpha value is -1.91. The summed E-state index contributed by atoms with van der Waals surface area (Å²) in [5.74, 6) is 1.65. The number of nitrogens with one attached hydrogen (secondary N) is 1. The second-order valence-electron chi connectivity index (χ2n) is 10.3. The Kier molecular flexibility index (Phi) is 10.2. The van der Waals surface area contributed by atoms with Crippen LogP contribution in [0.2, 0.25) is 0 Å². The lowest BCUT2D eigenvalue weighted by molar-refractivity contribution is -0.116. The third kappa shape index (κ3) is 8.12. The van der Waals surface area contributed by atoms with Gasteiger partial charge in [-0.15, -0.1) is 0 Å². The average Bonchev–Trinajstić information content (AvgIpc) is 3.30. The van der Waals surface area contributed by atoms with Crippen LogP contribution in [0, 0.1) is 23.7 Å². The molecule has 1 saturated carbocycles. The molecule has 0 bridgehead atoms. The van der Waals surface area contributed by atoms with Gasteiger partial charge >= 0.3 is 0 Å². The van der Waals surface area contributed by atoms with Crippen LogP contribution in [0.25, 0.3) is 0 Å². The normalized spacial score (nSPS) is 26.2. The van der Waals surface area contributed by atoms with Crippen LogP contribution >= 0.6 is 0 Å². The van der Waals surface area contributed by atoms with Gasteiger partial charge in [0.15, 0.2) is 0 Å². The third-order valence-corrected chi connectivity index (χ3v) is 7.41. The Morgan fingerprint density at radius 2 is 2.00 bits per heavy atom. The Morgan fingerprint density at radius 1 is 1.21 bits per heavy atom. The van der Waals surface area contributed by atoms with Crippen LogP contribution in [0.4, 0.5) is 5.69 Å². The van der Waals surface area contributed by atoms with E-state index in [0.717, 1.165) is 44.2 Å². The molecule has 1 aromatic rings. The Labute approximate surface area is 200 Å². The van der Waals surface area contributed by atoms with Crippen molar-refractivity contribution >= 4 is 11.6 Å². The number of allylic oxidation sites excluding steroid dienone is 2. The zero-order chi connectivity index (χ0) is 23.6. The van der Waals surface area contributed by atoms with Gasteiger partial charge in [0.2, 0.25) is 5.91 Å². The van der Waals surface area contributed by atoms with Gasteiger partial charge in [-0.3, -0.25) is 4.79 Å². The number of fused-ring (bicyclic) bond motifs is 1. The molecule has 33 heavy (non-hydrogen) atoms. The van der Waals surface area contributed by atoms with Crippen LogP contribution in [-0.4, -0.2) is 28.3 Å². The molecule has 1 amide bonds.